The highest BCUT2D eigenvalue weighted by molar-refractivity contribution is 14.1. The molecule has 1 amide bonds. The van der Waals surface area contributed by atoms with E-state index in [0.29, 0.717) is 5.56 Å². The van der Waals surface area contributed by atoms with Crippen molar-refractivity contribution in [3.63, 3.8) is 0 Å². The minimum absolute atomic E-state index is 0.0562. The summed E-state index contributed by atoms with van der Waals surface area (Å²) in [7, 11) is 1.36. The van der Waals surface area contributed by atoms with Gasteiger partial charge in [-0.2, -0.15) is 5.10 Å². The number of hydrogen-bond acceptors (Lipinski definition) is 6. The van der Waals surface area contributed by atoms with Crippen molar-refractivity contribution in [2.24, 2.45) is 5.10 Å². The van der Waals surface area contributed by atoms with Crippen molar-refractivity contribution in [3.8, 4) is 5.75 Å². The third-order valence-electron chi connectivity index (χ3n) is 3.10. The van der Waals surface area contributed by atoms with Gasteiger partial charge in [-0.25, -0.2) is 5.43 Å². The lowest BCUT2D eigenvalue weighted by molar-refractivity contribution is -0.385. The molecule has 0 saturated carbocycles. The highest BCUT2D eigenvalue weighted by Gasteiger charge is 2.14. The van der Waals surface area contributed by atoms with Gasteiger partial charge in [0.2, 0.25) is 0 Å². The second kappa shape index (κ2) is 8.97. The quantitative estimate of drug-likeness (QED) is 0.290. The maximum atomic E-state index is 11.7. The molecule has 0 saturated heterocycles. The highest BCUT2D eigenvalue weighted by atomic mass is 127. The molecule has 0 fully saturated rings. The van der Waals surface area contributed by atoms with Crippen LogP contribution in [0.3, 0.4) is 0 Å². The lowest BCUT2D eigenvalue weighted by Gasteiger charge is -2.05. The number of nitro benzene ring substituents is 1. The van der Waals surface area contributed by atoms with Crippen LogP contribution in [-0.2, 0) is 4.79 Å². The van der Waals surface area contributed by atoms with Crippen molar-refractivity contribution in [2.45, 2.75) is 0 Å². The van der Waals surface area contributed by atoms with E-state index in [-0.39, 0.29) is 23.9 Å². The molecule has 0 heterocycles. The SMILES string of the molecule is COc1ccc(/C=N\NC(=O)CNc2ccc(I)cc2)cc1[N+](=O)[O-]. The molecule has 0 radical (unpaired) electrons. The van der Waals surface area contributed by atoms with Crippen molar-refractivity contribution in [1.29, 1.82) is 0 Å². The van der Waals surface area contributed by atoms with E-state index in [1.54, 1.807) is 6.07 Å². The van der Waals surface area contributed by atoms with Gasteiger partial charge in [0.05, 0.1) is 24.8 Å². The Bertz CT molecular complexity index is 793. The normalized spacial score (nSPS) is 10.5. The molecule has 2 N–H and O–H groups in total. The first kappa shape index (κ1) is 18.6. The smallest absolute Gasteiger partial charge is 0.311 e. The number of nitrogens with one attached hydrogen (secondary N) is 2. The summed E-state index contributed by atoms with van der Waals surface area (Å²) in [5.41, 5.74) is 3.48. The Morgan fingerprint density at radius 1 is 1.32 bits per heavy atom. The van der Waals surface area contributed by atoms with Crippen LogP contribution in [0.15, 0.2) is 47.6 Å². The Hall–Kier alpha value is -2.69. The van der Waals surface area contributed by atoms with E-state index in [4.69, 9.17) is 4.74 Å². The van der Waals surface area contributed by atoms with E-state index < -0.39 is 4.92 Å². The van der Waals surface area contributed by atoms with Gasteiger partial charge in [0.15, 0.2) is 5.75 Å². The Morgan fingerprint density at radius 3 is 2.68 bits per heavy atom. The van der Waals surface area contributed by atoms with Gasteiger partial charge in [-0.15, -0.1) is 0 Å². The first-order chi connectivity index (χ1) is 12.0. The molecule has 9 heteroatoms. The van der Waals surface area contributed by atoms with Crippen molar-refractivity contribution < 1.29 is 14.5 Å². The molecule has 0 spiro atoms. The summed E-state index contributed by atoms with van der Waals surface area (Å²) in [6.45, 7) is 0.0562. The monoisotopic (exact) mass is 454 g/mol. The average Bonchev–Trinajstić information content (AvgIpc) is 2.61. The fourth-order valence-corrected chi connectivity index (χ4v) is 2.26. The number of anilines is 1. The summed E-state index contributed by atoms with van der Waals surface area (Å²) >= 11 is 2.20. The molecular weight excluding hydrogens is 439 g/mol. The molecule has 2 aromatic rings. The number of hydrazone groups is 1. The number of amides is 1. The van der Waals surface area contributed by atoms with Crippen LogP contribution in [0.25, 0.3) is 0 Å². The molecule has 0 aliphatic carbocycles. The maximum Gasteiger partial charge on any atom is 0.311 e. The van der Waals surface area contributed by atoms with Crippen LogP contribution in [0.2, 0.25) is 0 Å². The first-order valence-corrected chi connectivity index (χ1v) is 8.21. The number of nitrogens with zero attached hydrogens (tertiary/aromatic N) is 2. The Morgan fingerprint density at radius 2 is 2.04 bits per heavy atom. The first-order valence-electron chi connectivity index (χ1n) is 7.13. The van der Waals surface area contributed by atoms with Crippen LogP contribution in [0.5, 0.6) is 5.75 Å². The number of carbonyl (C=O) groups excluding carboxylic acids is 1. The van der Waals surface area contributed by atoms with Crippen LogP contribution >= 0.6 is 22.6 Å². The second-order valence-corrected chi connectivity index (χ2v) is 6.09. The predicted molar refractivity (Wildman–Crippen MR) is 103 cm³/mol. The summed E-state index contributed by atoms with van der Waals surface area (Å²) < 4.78 is 6.02. The average molecular weight is 454 g/mol. The van der Waals surface area contributed by atoms with Crippen LogP contribution < -0.4 is 15.5 Å². The minimum Gasteiger partial charge on any atom is -0.490 e. The molecule has 25 heavy (non-hydrogen) atoms. The zero-order valence-corrected chi connectivity index (χ0v) is 15.4. The van der Waals surface area contributed by atoms with Crippen molar-refractivity contribution in [2.75, 3.05) is 19.0 Å². The minimum atomic E-state index is -0.542. The Kier molecular flexibility index (Phi) is 6.69. The molecule has 0 aliphatic heterocycles. The van der Waals surface area contributed by atoms with Gasteiger partial charge in [-0.3, -0.25) is 14.9 Å². The van der Waals surface area contributed by atoms with E-state index in [1.165, 1.54) is 25.5 Å². The summed E-state index contributed by atoms with van der Waals surface area (Å²) in [5, 5.41) is 17.7. The number of methoxy groups -OCH3 is 1. The fraction of sp³-hybridized carbons (Fsp3) is 0.125. The molecule has 2 rings (SSSR count). The summed E-state index contributed by atoms with van der Waals surface area (Å²) in [6.07, 6.45) is 1.33. The molecule has 0 bridgehead atoms. The molecule has 0 unspecified atom stereocenters. The van der Waals surface area contributed by atoms with Crippen molar-refractivity contribution in [1.82, 2.24) is 5.43 Å². The largest absolute Gasteiger partial charge is 0.490 e. The topological polar surface area (TPSA) is 106 Å². The molecule has 130 valence electrons. The van der Waals surface area contributed by atoms with E-state index in [0.717, 1.165) is 9.26 Å². The van der Waals surface area contributed by atoms with Gasteiger partial charge in [-0.05, 0) is 59.0 Å². The maximum absolute atomic E-state index is 11.7. The highest BCUT2D eigenvalue weighted by Crippen LogP contribution is 2.26. The van der Waals surface area contributed by atoms with Crippen LogP contribution in [0.4, 0.5) is 11.4 Å². The molecule has 2 aromatic carbocycles. The van der Waals surface area contributed by atoms with Crippen LogP contribution in [0, 0.1) is 13.7 Å². The van der Waals surface area contributed by atoms with E-state index in [1.807, 2.05) is 24.3 Å². The molecule has 0 atom stereocenters. The molecule has 0 aromatic heterocycles. The Labute approximate surface area is 157 Å². The number of carbonyl (C=O) groups is 1. The van der Waals surface area contributed by atoms with Crippen molar-refractivity contribution >= 4 is 46.1 Å². The van der Waals surface area contributed by atoms with Gasteiger partial charge < -0.3 is 10.1 Å². The van der Waals surface area contributed by atoms with Gasteiger partial charge in [-0.1, -0.05) is 0 Å². The number of hydrogen-bond donors (Lipinski definition) is 2. The predicted octanol–water partition coefficient (Wildman–Crippen LogP) is 2.77. The van der Waals surface area contributed by atoms with E-state index >= 15 is 0 Å². The van der Waals surface area contributed by atoms with Crippen LogP contribution in [0.1, 0.15) is 5.56 Å². The number of rotatable bonds is 7. The number of halogens is 1. The van der Waals surface area contributed by atoms with E-state index in [2.05, 4.69) is 38.4 Å². The number of nitro groups is 1. The summed E-state index contributed by atoms with van der Waals surface area (Å²) in [5.74, 6) is -0.175. The number of benzene rings is 2. The zero-order valence-electron chi connectivity index (χ0n) is 13.2. The van der Waals surface area contributed by atoms with E-state index in [9.17, 15) is 14.9 Å². The number of ether oxygens (including phenoxy) is 1. The van der Waals surface area contributed by atoms with Gasteiger partial charge in [0.1, 0.15) is 0 Å². The van der Waals surface area contributed by atoms with Gasteiger partial charge in [0.25, 0.3) is 5.91 Å². The lowest BCUT2D eigenvalue weighted by atomic mass is 10.2. The second-order valence-electron chi connectivity index (χ2n) is 4.84. The third kappa shape index (κ3) is 5.71. The van der Waals surface area contributed by atoms with Gasteiger partial charge >= 0.3 is 5.69 Å². The van der Waals surface area contributed by atoms with Gasteiger partial charge in [0, 0.05) is 20.9 Å². The molecular formula is C16H15IN4O4. The van der Waals surface area contributed by atoms with Crippen molar-refractivity contribution in [3.05, 3.63) is 61.7 Å². The standard InChI is InChI=1S/C16H15IN4O4/c1-25-15-7-2-11(8-14(15)21(23)24)9-19-20-16(22)10-18-13-5-3-12(17)4-6-13/h2-9,18H,10H2,1H3,(H,20,22)/b19-9-. The zero-order chi connectivity index (χ0) is 18.2. The third-order valence-corrected chi connectivity index (χ3v) is 3.82. The lowest BCUT2D eigenvalue weighted by Crippen LogP contribution is -2.25. The van der Waals surface area contributed by atoms with Crippen LogP contribution in [-0.4, -0.2) is 30.7 Å². The molecule has 0 aliphatic rings. The molecule has 8 nitrogen and oxygen atoms in total. The summed E-state index contributed by atoms with van der Waals surface area (Å²) in [6, 6.07) is 12.0. The summed E-state index contributed by atoms with van der Waals surface area (Å²) in [4.78, 5) is 22.1. The Balaban J connectivity index is 1.89. The fourth-order valence-electron chi connectivity index (χ4n) is 1.90.